The Morgan fingerprint density at radius 2 is 1.94 bits per heavy atom. The van der Waals surface area contributed by atoms with Crippen molar-refractivity contribution in [3.05, 3.63) is 80.3 Å². The Morgan fingerprint density at radius 3 is 2.58 bits per heavy atom. The second-order valence-corrected chi connectivity index (χ2v) is 8.65. The molecule has 3 rings (SSSR count). The van der Waals surface area contributed by atoms with E-state index in [4.69, 9.17) is 4.74 Å². The van der Waals surface area contributed by atoms with E-state index in [0.29, 0.717) is 16.8 Å². The molecule has 0 radical (unpaired) electrons. The molecule has 1 N–H and O–H groups in total. The molecule has 0 aliphatic carbocycles. The summed E-state index contributed by atoms with van der Waals surface area (Å²) in [5.41, 5.74) is 2.89. The zero-order chi connectivity index (χ0) is 22.4. The second kappa shape index (κ2) is 10.2. The number of aromatic nitrogens is 1. The average molecular weight is 458 g/mol. The van der Waals surface area contributed by atoms with Gasteiger partial charge in [0.25, 0.3) is 11.6 Å². The number of thiazole rings is 1. The molecule has 10 heteroatoms. The highest BCUT2D eigenvalue weighted by Gasteiger charge is 2.16. The number of nitrogens with one attached hydrogen (secondary N) is 1. The lowest BCUT2D eigenvalue weighted by Crippen LogP contribution is -2.21. The number of ether oxygens (including phenoxy) is 1. The van der Waals surface area contributed by atoms with E-state index in [1.165, 1.54) is 19.1 Å². The summed E-state index contributed by atoms with van der Waals surface area (Å²) in [6.45, 7) is 2.99. The van der Waals surface area contributed by atoms with Crippen LogP contribution in [0.5, 0.6) is 0 Å². The van der Waals surface area contributed by atoms with Gasteiger partial charge >= 0.3 is 5.97 Å². The Kier molecular flexibility index (Phi) is 7.37. The van der Waals surface area contributed by atoms with Crippen LogP contribution >= 0.6 is 23.1 Å². The Balaban J connectivity index is 1.50. The van der Waals surface area contributed by atoms with Gasteiger partial charge in [0.15, 0.2) is 6.61 Å². The second-order valence-electron chi connectivity index (χ2n) is 6.57. The summed E-state index contributed by atoms with van der Waals surface area (Å²) in [5.74, 6) is -0.475. The number of hydrogen-bond donors (Lipinski definition) is 1. The summed E-state index contributed by atoms with van der Waals surface area (Å²) >= 11 is 3.22. The standard InChI is InChI=1S/C21H19N3O5S2/c1-13-11-30-21(22-13)31-12-15-6-8-16(9-7-15)20(26)29-10-19(25)23-17-4-3-5-18(14(17)2)24(27)28/h3-9,11H,10,12H2,1-2H3,(H,23,25). The molecule has 8 nitrogen and oxygen atoms in total. The number of nitro benzene ring substituents is 1. The minimum absolute atomic E-state index is 0.0990. The van der Waals surface area contributed by atoms with Crippen molar-refractivity contribution in [2.45, 2.75) is 23.9 Å². The highest BCUT2D eigenvalue weighted by Crippen LogP contribution is 2.26. The van der Waals surface area contributed by atoms with Gasteiger partial charge in [0.05, 0.1) is 21.7 Å². The van der Waals surface area contributed by atoms with Crippen LogP contribution in [-0.4, -0.2) is 28.4 Å². The van der Waals surface area contributed by atoms with Crippen LogP contribution in [0.4, 0.5) is 11.4 Å². The highest BCUT2D eigenvalue weighted by atomic mass is 32.2. The zero-order valence-corrected chi connectivity index (χ0v) is 18.4. The maximum Gasteiger partial charge on any atom is 0.338 e. The van der Waals surface area contributed by atoms with Crippen LogP contribution < -0.4 is 5.32 Å². The van der Waals surface area contributed by atoms with Crippen LogP contribution in [-0.2, 0) is 15.3 Å². The fourth-order valence-corrected chi connectivity index (χ4v) is 4.44. The van der Waals surface area contributed by atoms with Gasteiger partial charge in [0, 0.05) is 22.9 Å². The van der Waals surface area contributed by atoms with Crippen molar-refractivity contribution in [1.29, 1.82) is 0 Å². The number of nitrogens with zero attached hydrogens (tertiary/aromatic N) is 2. The van der Waals surface area contributed by atoms with Crippen LogP contribution in [0.1, 0.15) is 27.2 Å². The predicted octanol–water partition coefficient (Wildman–Crippen LogP) is 4.76. The molecule has 1 heterocycles. The largest absolute Gasteiger partial charge is 0.452 e. The third-order valence-corrected chi connectivity index (χ3v) is 6.47. The number of nitro groups is 1. The molecule has 0 saturated carbocycles. The minimum atomic E-state index is -0.624. The Hall–Kier alpha value is -3.24. The quantitative estimate of drug-likeness (QED) is 0.225. The van der Waals surface area contributed by atoms with Crippen molar-refractivity contribution < 1.29 is 19.2 Å². The smallest absolute Gasteiger partial charge is 0.338 e. The number of anilines is 1. The highest BCUT2D eigenvalue weighted by molar-refractivity contribution is 8.00. The van der Waals surface area contributed by atoms with Crippen molar-refractivity contribution in [3.63, 3.8) is 0 Å². The van der Waals surface area contributed by atoms with Crippen molar-refractivity contribution in [2.75, 3.05) is 11.9 Å². The fraction of sp³-hybridized carbons (Fsp3) is 0.190. The monoisotopic (exact) mass is 457 g/mol. The van der Waals surface area contributed by atoms with Gasteiger partial charge in [-0.3, -0.25) is 14.9 Å². The van der Waals surface area contributed by atoms with Crippen molar-refractivity contribution in [2.24, 2.45) is 0 Å². The first-order valence-corrected chi connectivity index (χ1v) is 11.0. The third kappa shape index (κ3) is 6.12. The predicted molar refractivity (Wildman–Crippen MR) is 120 cm³/mol. The summed E-state index contributed by atoms with van der Waals surface area (Å²) in [7, 11) is 0. The minimum Gasteiger partial charge on any atom is -0.452 e. The maximum atomic E-state index is 12.2. The molecule has 1 aromatic heterocycles. The molecule has 0 saturated heterocycles. The first-order chi connectivity index (χ1) is 14.8. The van der Waals surface area contributed by atoms with E-state index in [0.717, 1.165) is 21.3 Å². The molecule has 0 spiro atoms. The number of carbonyl (C=O) groups excluding carboxylic acids is 2. The number of benzene rings is 2. The molecule has 0 unspecified atom stereocenters. The SMILES string of the molecule is Cc1csc(SCc2ccc(C(=O)OCC(=O)Nc3cccc([N+](=O)[O-])c3C)cc2)n1. The van der Waals surface area contributed by atoms with Gasteiger partial charge in [-0.2, -0.15) is 0 Å². The number of thioether (sulfide) groups is 1. The third-order valence-electron chi connectivity index (χ3n) is 4.26. The number of aryl methyl sites for hydroxylation is 1. The van der Waals surface area contributed by atoms with E-state index in [9.17, 15) is 19.7 Å². The molecule has 0 aliphatic heterocycles. The van der Waals surface area contributed by atoms with E-state index >= 15 is 0 Å². The zero-order valence-electron chi connectivity index (χ0n) is 16.8. The van der Waals surface area contributed by atoms with Crippen molar-refractivity contribution in [3.8, 4) is 0 Å². The normalized spacial score (nSPS) is 10.5. The van der Waals surface area contributed by atoms with Gasteiger partial charge in [-0.1, -0.05) is 30.0 Å². The number of esters is 1. The molecule has 3 aromatic rings. The number of carbonyl (C=O) groups is 2. The summed E-state index contributed by atoms with van der Waals surface area (Å²) in [4.78, 5) is 39.2. The van der Waals surface area contributed by atoms with Crippen molar-refractivity contribution in [1.82, 2.24) is 4.98 Å². The van der Waals surface area contributed by atoms with E-state index in [-0.39, 0.29) is 5.69 Å². The first-order valence-electron chi connectivity index (χ1n) is 9.18. The topological polar surface area (TPSA) is 111 Å². The summed E-state index contributed by atoms with van der Waals surface area (Å²) in [6, 6.07) is 11.3. The molecule has 0 bridgehead atoms. The summed E-state index contributed by atoms with van der Waals surface area (Å²) in [6.07, 6.45) is 0. The van der Waals surface area contributed by atoms with E-state index < -0.39 is 23.4 Å². The molecule has 2 aromatic carbocycles. The fourth-order valence-electron chi connectivity index (χ4n) is 2.64. The molecule has 0 aliphatic rings. The lowest BCUT2D eigenvalue weighted by Gasteiger charge is -2.09. The van der Waals surface area contributed by atoms with Gasteiger partial charge in [-0.25, -0.2) is 9.78 Å². The molecular formula is C21H19N3O5S2. The van der Waals surface area contributed by atoms with Gasteiger partial charge < -0.3 is 10.1 Å². The van der Waals surface area contributed by atoms with Crippen LogP contribution in [0.3, 0.4) is 0 Å². The Bertz CT molecular complexity index is 1110. The molecule has 31 heavy (non-hydrogen) atoms. The lowest BCUT2D eigenvalue weighted by molar-refractivity contribution is -0.385. The Morgan fingerprint density at radius 1 is 1.19 bits per heavy atom. The van der Waals surface area contributed by atoms with Gasteiger partial charge in [0.2, 0.25) is 0 Å². The summed E-state index contributed by atoms with van der Waals surface area (Å²) in [5, 5.41) is 15.5. The molecule has 160 valence electrons. The maximum absolute atomic E-state index is 12.2. The van der Waals surface area contributed by atoms with Gasteiger partial charge in [-0.05, 0) is 37.6 Å². The van der Waals surface area contributed by atoms with Crippen LogP contribution in [0.15, 0.2) is 52.2 Å². The number of rotatable bonds is 8. The van der Waals surface area contributed by atoms with Gasteiger partial charge in [0.1, 0.15) is 4.34 Å². The van der Waals surface area contributed by atoms with E-state index in [2.05, 4.69) is 10.3 Å². The number of hydrogen-bond acceptors (Lipinski definition) is 8. The van der Waals surface area contributed by atoms with Crippen LogP contribution in [0.2, 0.25) is 0 Å². The van der Waals surface area contributed by atoms with E-state index in [1.54, 1.807) is 41.3 Å². The first kappa shape index (κ1) is 22.4. The van der Waals surface area contributed by atoms with Crippen molar-refractivity contribution >= 4 is 46.3 Å². The van der Waals surface area contributed by atoms with Crippen LogP contribution in [0, 0.1) is 24.0 Å². The molecular weight excluding hydrogens is 438 g/mol. The molecule has 0 fully saturated rings. The molecule has 0 atom stereocenters. The average Bonchev–Trinajstić information content (AvgIpc) is 3.17. The molecule has 1 amide bonds. The van der Waals surface area contributed by atoms with Gasteiger partial charge in [-0.15, -0.1) is 11.3 Å². The number of amides is 1. The summed E-state index contributed by atoms with van der Waals surface area (Å²) < 4.78 is 6.04. The lowest BCUT2D eigenvalue weighted by atomic mass is 10.1. The Labute approximate surface area is 186 Å². The van der Waals surface area contributed by atoms with E-state index in [1.807, 2.05) is 24.4 Å². The van der Waals surface area contributed by atoms with Crippen LogP contribution in [0.25, 0.3) is 0 Å².